The van der Waals surface area contributed by atoms with E-state index in [9.17, 15) is 9.59 Å². The number of carboxylic acids is 1. The van der Waals surface area contributed by atoms with Gasteiger partial charge in [-0.2, -0.15) is 5.10 Å². The number of likely N-dealkylation sites (tertiary alicyclic amines) is 1. The molecule has 1 N–H and O–H groups in total. The standard InChI is InChI=1S/C17H21N5O3/c1-11(2)16-19-17(22(20-16)10-15(24)25)13-7-14(23)21(9-13)8-12-3-5-18-6-4-12/h3-6,11,13H,7-10H2,1-2H3,(H,24,25)/t13-/m0/s1. The molecular weight excluding hydrogens is 322 g/mol. The van der Waals surface area contributed by atoms with Crippen molar-refractivity contribution in [1.29, 1.82) is 0 Å². The Bertz CT molecular complexity index is 772. The zero-order chi connectivity index (χ0) is 18.0. The van der Waals surface area contributed by atoms with E-state index in [-0.39, 0.29) is 24.3 Å². The van der Waals surface area contributed by atoms with Gasteiger partial charge in [0.25, 0.3) is 0 Å². The van der Waals surface area contributed by atoms with E-state index >= 15 is 0 Å². The first-order chi connectivity index (χ1) is 11.9. The Morgan fingerprint density at radius 2 is 2.08 bits per heavy atom. The molecule has 3 rings (SSSR count). The fourth-order valence-corrected chi connectivity index (χ4v) is 2.97. The molecule has 1 amide bonds. The summed E-state index contributed by atoms with van der Waals surface area (Å²) in [6, 6.07) is 3.76. The number of carbonyl (C=O) groups is 2. The first-order valence-electron chi connectivity index (χ1n) is 8.27. The summed E-state index contributed by atoms with van der Waals surface area (Å²) < 4.78 is 1.42. The van der Waals surface area contributed by atoms with E-state index in [0.29, 0.717) is 31.2 Å². The van der Waals surface area contributed by atoms with Crippen LogP contribution >= 0.6 is 0 Å². The van der Waals surface area contributed by atoms with Crippen LogP contribution in [0.15, 0.2) is 24.5 Å². The second kappa shape index (κ2) is 7.00. The van der Waals surface area contributed by atoms with Crippen LogP contribution in [-0.2, 0) is 22.7 Å². The summed E-state index contributed by atoms with van der Waals surface area (Å²) in [6.45, 7) is 4.70. The molecule has 2 aromatic heterocycles. The number of carbonyl (C=O) groups excluding carboxylic acids is 1. The quantitative estimate of drug-likeness (QED) is 0.851. The molecule has 1 saturated heterocycles. The Kier molecular flexibility index (Phi) is 4.78. The fourth-order valence-electron chi connectivity index (χ4n) is 2.97. The molecule has 1 aliphatic rings. The van der Waals surface area contributed by atoms with E-state index in [1.54, 1.807) is 17.3 Å². The van der Waals surface area contributed by atoms with Crippen molar-refractivity contribution < 1.29 is 14.7 Å². The molecule has 2 aromatic rings. The summed E-state index contributed by atoms with van der Waals surface area (Å²) in [5, 5.41) is 13.4. The summed E-state index contributed by atoms with van der Waals surface area (Å²) in [6.07, 6.45) is 3.72. The molecule has 1 atom stereocenters. The van der Waals surface area contributed by atoms with E-state index in [2.05, 4.69) is 15.1 Å². The van der Waals surface area contributed by atoms with Gasteiger partial charge in [0, 0.05) is 43.7 Å². The molecule has 0 radical (unpaired) electrons. The summed E-state index contributed by atoms with van der Waals surface area (Å²) in [5.41, 5.74) is 1.01. The second-order valence-corrected chi connectivity index (χ2v) is 6.57. The molecule has 0 bridgehead atoms. The smallest absolute Gasteiger partial charge is 0.325 e. The van der Waals surface area contributed by atoms with Crippen LogP contribution in [0.4, 0.5) is 0 Å². The number of pyridine rings is 1. The minimum absolute atomic E-state index is 0.0396. The van der Waals surface area contributed by atoms with Crippen LogP contribution in [0, 0.1) is 0 Å². The predicted molar refractivity (Wildman–Crippen MR) is 88.8 cm³/mol. The zero-order valence-electron chi connectivity index (χ0n) is 14.3. The number of rotatable bonds is 6. The van der Waals surface area contributed by atoms with Crippen molar-refractivity contribution in [2.45, 2.75) is 45.2 Å². The van der Waals surface area contributed by atoms with E-state index in [0.717, 1.165) is 5.56 Å². The second-order valence-electron chi connectivity index (χ2n) is 6.57. The molecule has 0 aromatic carbocycles. The lowest BCUT2D eigenvalue weighted by Gasteiger charge is -2.16. The van der Waals surface area contributed by atoms with Gasteiger partial charge in [-0.3, -0.25) is 14.6 Å². The number of aromatic nitrogens is 4. The minimum Gasteiger partial charge on any atom is -0.480 e. The van der Waals surface area contributed by atoms with Gasteiger partial charge in [0.1, 0.15) is 12.4 Å². The summed E-state index contributed by atoms with van der Waals surface area (Å²) in [5.74, 6) is 0.206. The summed E-state index contributed by atoms with van der Waals surface area (Å²) in [4.78, 5) is 33.8. The zero-order valence-corrected chi connectivity index (χ0v) is 14.3. The first-order valence-corrected chi connectivity index (χ1v) is 8.27. The molecule has 8 nitrogen and oxygen atoms in total. The highest BCUT2D eigenvalue weighted by molar-refractivity contribution is 5.79. The number of hydrogen-bond acceptors (Lipinski definition) is 5. The molecule has 132 valence electrons. The molecule has 0 spiro atoms. The Labute approximate surface area is 145 Å². The highest BCUT2D eigenvalue weighted by Gasteiger charge is 2.34. The van der Waals surface area contributed by atoms with Crippen molar-refractivity contribution in [2.75, 3.05) is 6.54 Å². The highest BCUT2D eigenvalue weighted by Crippen LogP contribution is 2.29. The molecule has 0 unspecified atom stereocenters. The average Bonchev–Trinajstić information content (AvgIpc) is 3.12. The predicted octanol–water partition coefficient (Wildman–Crippen LogP) is 1.40. The Morgan fingerprint density at radius 3 is 2.72 bits per heavy atom. The normalized spacial score (nSPS) is 17.5. The average molecular weight is 343 g/mol. The Morgan fingerprint density at radius 1 is 1.36 bits per heavy atom. The van der Waals surface area contributed by atoms with Crippen LogP contribution < -0.4 is 0 Å². The van der Waals surface area contributed by atoms with Crippen molar-refractivity contribution >= 4 is 11.9 Å². The molecule has 25 heavy (non-hydrogen) atoms. The first kappa shape index (κ1) is 17.1. The maximum Gasteiger partial charge on any atom is 0.325 e. The third kappa shape index (κ3) is 3.84. The minimum atomic E-state index is -0.973. The van der Waals surface area contributed by atoms with Crippen LogP contribution in [0.2, 0.25) is 0 Å². The van der Waals surface area contributed by atoms with Crippen LogP contribution in [0.25, 0.3) is 0 Å². The van der Waals surface area contributed by atoms with Crippen molar-refractivity contribution in [2.24, 2.45) is 0 Å². The lowest BCUT2D eigenvalue weighted by atomic mass is 10.1. The van der Waals surface area contributed by atoms with Gasteiger partial charge in [-0.25, -0.2) is 9.67 Å². The highest BCUT2D eigenvalue weighted by atomic mass is 16.4. The largest absolute Gasteiger partial charge is 0.480 e. The van der Waals surface area contributed by atoms with E-state index in [1.807, 2.05) is 26.0 Å². The SMILES string of the molecule is CC(C)c1nc([C@H]2CC(=O)N(Cc3ccncc3)C2)n(CC(=O)O)n1. The summed E-state index contributed by atoms with van der Waals surface area (Å²) in [7, 11) is 0. The molecule has 8 heteroatoms. The number of hydrogen-bond donors (Lipinski definition) is 1. The molecule has 3 heterocycles. The maximum absolute atomic E-state index is 12.4. The van der Waals surface area contributed by atoms with E-state index < -0.39 is 5.97 Å². The molecule has 1 aliphatic heterocycles. The topological polar surface area (TPSA) is 101 Å². The Hall–Kier alpha value is -2.77. The van der Waals surface area contributed by atoms with Gasteiger partial charge < -0.3 is 10.0 Å². The monoisotopic (exact) mass is 343 g/mol. The van der Waals surface area contributed by atoms with Crippen molar-refractivity contribution in [3.63, 3.8) is 0 Å². The van der Waals surface area contributed by atoms with Crippen molar-refractivity contribution in [1.82, 2.24) is 24.6 Å². The lowest BCUT2D eigenvalue weighted by molar-refractivity contribution is -0.138. The lowest BCUT2D eigenvalue weighted by Crippen LogP contribution is -2.25. The number of carboxylic acid groups (broad SMARTS) is 1. The van der Waals surface area contributed by atoms with E-state index in [1.165, 1.54) is 4.68 Å². The third-order valence-corrected chi connectivity index (χ3v) is 4.22. The van der Waals surface area contributed by atoms with Gasteiger partial charge in [-0.1, -0.05) is 13.8 Å². The third-order valence-electron chi connectivity index (χ3n) is 4.22. The fraction of sp³-hybridized carbons (Fsp3) is 0.471. The number of aliphatic carboxylic acids is 1. The molecule has 0 saturated carbocycles. The van der Waals surface area contributed by atoms with Gasteiger partial charge in [0.05, 0.1) is 0 Å². The Balaban J connectivity index is 1.80. The van der Waals surface area contributed by atoms with Crippen LogP contribution in [0.3, 0.4) is 0 Å². The van der Waals surface area contributed by atoms with Crippen molar-refractivity contribution in [3.05, 3.63) is 41.7 Å². The van der Waals surface area contributed by atoms with Crippen LogP contribution in [0.1, 0.15) is 49.3 Å². The van der Waals surface area contributed by atoms with Gasteiger partial charge in [0.2, 0.25) is 5.91 Å². The number of nitrogens with zero attached hydrogens (tertiary/aromatic N) is 5. The van der Waals surface area contributed by atoms with Gasteiger partial charge in [0.15, 0.2) is 5.82 Å². The van der Waals surface area contributed by atoms with Crippen LogP contribution in [-0.4, -0.2) is 48.2 Å². The van der Waals surface area contributed by atoms with Gasteiger partial charge in [-0.15, -0.1) is 0 Å². The molecular formula is C17H21N5O3. The molecule has 1 fully saturated rings. The number of amides is 1. The van der Waals surface area contributed by atoms with Gasteiger partial charge >= 0.3 is 5.97 Å². The maximum atomic E-state index is 12.4. The van der Waals surface area contributed by atoms with E-state index in [4.69, 9.17) is 5.11 Å². The molecule has 0 aliphatic carbocycles. The van der Waals surface area contributed by atoms with Crippen molar-refractivity contribution in [3.8, 4) is 0 Å². The summed E-state index contributed by atoms with van der Waals surface area (Å²) >= 11 is 0. The van der Waals surface area contributed by atoms with Crippen LogP contribution in [0.5, 0.6) is 0 Å². The van der Waals surface area contributed by atoms with Gasteiger partial charge in [-0.05, 0) is 17.7 Å².